The third-order valence-corrected chi connectivity index (χ3v) is 9.20. The third kappa shape index (κ3) is 7.59. The van der Waals surface area contributed by atoms with E-state index in [1.54, 1.807) is 30.8 Å². The largest absolute Gasteiger partial charge is 0.427 e. The van der Waals surface area contributed by atoms with Gasteiger partial charge >= 0.3 is 11.9 Å². The Morgan fingerprint density at radius 2 is 2.02 bits per heavy atom. The van der Waals surface area contributed by atoms with Gasteiger partial charge in [-0.05, 0) is 50.9 Å². The fourth-order valence-electron chi connectivity index (χ4n) is 3.88. The lowest BCUT2D eigenvalue weighted by Crippen LogP contribution is -2.70. The van der Waals surface area contributed by atoms with Crippen LogP contribution in [0.1, 0.15) is 26.5 Å². The summed E-state index contributed by atoms with van der Waals surface area (Å²) in [7, 11) is 3.89. The highest BCUT2D eigenvalue weighted by atomic mass is 32.2. The topological polar surface area (TPSA) is 188 Å². The number of carbonyl (C=O) groups excluding carboxylic acids is 4. The van der Waals surface area contributed by atoms with Gasteiger partial charge in [0.1, 0.15) is 17.1 Å². The maximum absolute atomic E-state index is 13.3. The van der Waals surface area contributed by atoms with Crippen LogP contribution in [-0.4, -0.2) is 109 Å². The summed E-state index contributed by atoms with van der Waals surface area (Å²) < 4.78 is 12.1. The number of ether oxygens (including phenoxy) is 2. The number of likely N-dealkylation sites (N-methyl/N-ethyl adjacent to an activating group) is 1. The number of nitrogen functional groups attached to an aromatic ring is 1. The summed E-state index contributed by atoms with van der Waals surface area (Å²) in [6, 6.07) is -0.826. The van der Waals surface area contributed by atoms with E-state index >= 15 is 0 Å². The van der Waals surface area contributed by atoms with Crippen LogP contribution in [0.25, 0.3) is 0 Å². The Balaban J connectivity index is 1.48. The molecule has 15 nitrogen and oxygen atoms in total. The first kappa shape index (κ1) is 31.7. The van der Waals surface area contributed by atoms with Crippen molar-refractivity contribution in [2.45, 2.75) is 50.3 Å². The molecular formula is C24H33N9O6S3. The molecule has 1 saturated heterocycles. The summed E-state index contributed by atoms with van der Waals surface area (Å²) >= 11 is 3.98. The first-order valence-corrected chi connectivity index (χ1v) is 15.8. The van der Waals surface area contributed by atoms with Gasteiger partial charge in [-0.3, -0.25) is 19.3 Å². The van der Waals surface area contributed by atoms with Crippen molar-refractivity contribution in [3.05, 3.63) is 22.3 Å². The Bertz CT molecular complexity index is 1370. The van der Waals surface area contributed by atoms with Crippen molar-refractivity contribution >= 4 is 63.7 Å². The molecule has 3 N–H and O–H groups in total. The number of nitrogens with zero attached hydrogens (tertiary/aromatic N) is 7. The number of β-lactam (4-membered cyclic amide) rings is 1. The molecule has 0 saturated carbocycles. The Morgan fingerprint density at radius 1 is 1.26 bits per heavy atom. The molecule has 2 aromatic rings. The maximum atomic E-state index is 13.3. The zero-order valence-corrected chi connectivity index (χ0v) is 26.3. The molecule has 4 rings (SSSR count). The van der Waals surface area contributed by atoms with Crippen LogP contribution in [0.4, 0.5) is 5.13 Å². The zero-order chi connectivity index (χ0) is 30.6. The molecule has 18 heteroatoms. The van der Waals surface area contributed by atoms with Gasteiger partial charge in [-0.15, -0.1) is 28.2 Å². The lowest BCUT2D eigenvalue weighted by molar-refractivity contribution is -0.173. The van der Waals surface area contributed by atoms with E-state index in [2.05, 4.69) is 25.8 Å². The number of fused-ring (bicyclic) bond motifs is 1. The van der Waals surface area contributed by atoms with Crippen LogP contribution in [0.5, 0.6) is 0 Å². The van der Waals surface area contributed by atoms with Crippen molar-refractivity contribution in [3.63, 3.8) is 0 Å². The minimum atomic E-state index is -0.826. The van der Waals surface area contributed by atoms with Crippen molar-refractivity contribution in [3.8, 4) is 0 Å². The van der Waals surface area contributed by atoms with Crippen molar-refractivity contribution in [1.82, 2.24) is 40.3 Å². The van der Waals surface area contributed by atoms with Crippen LogP contribution >= 0.6 is 34.9 Å². The van der Waals surface area contributed by atoms with Crippen molar-refractivity contribution in [1.29, 1.82) is 0 Å². The van der Waals surface area contributed by atoms with Crippen LogP contribution in [0.3, 0.4) is 0 Å². The summed E-state index contributed by atoms with van der Waals surface area (Å²) in [6.07, 6.45) is -0.0246. The van der Waals surface area contributed by atoms with Crippen LogP contribution in [0, 0.1) is 5.41 Å². The zero-order valence-electron chi connectivity index (χ0n) is 23.9. The maximum Gasteiger partial charge on any atom is 0.357 e. The van der Waals surface area contributed by atoms with E-state index in [4.69, 9.17) is 15.2 Å². The minimum absolute atomic E-state index is 0.0246. The molecule has 1 fully saturated rings. The Morgan fingerprint density at radius 3 is 2.69 bits per heavy atom. The number of nitrogens with two attached hydrogens (primary N) is 1. The first-order chi connectivity index (χ1) is 19.8. The molecule has 228 valence electrons. The standard InChI is InChI=1S/C24H33N9O6S3/c1-24(2,3)21(37)39-12-38-20(36)17-13(10-42-23-28-29-30-32(23)7-6-31(4)5)9-40-19-16(18(35)33(17)19)27-15(34)8-14-11-41-22(25)26-14/h11,16,19H,6-10,12H2,1-5H3,(H2,25,26)(H,27,34)/t16-,19+/m1/s1. The molecule has 0 spiro atoms. The Kier molecular flexibility index (Phi) is 10.1. The van der Waals surface area contributed by atoms with Gasteiger partial charge in [-0.25, -0.2) is 14.5 Å². The van der Waals surface area contributed by atoms with Gasteiger partial charge in [-0.2, -0.15) is 0 Å². The molecular weight excluding hydrogens is 607 g/mol. The number of rotatable bonds is 12. The number of anilines is 1. The van der Waals surface area contributed by atoms with Gasteiger partial charge in [0, 0.05) is 23.4 Å². The highest BCUT2D eigenvalue weighted by molar-refractivity contribution is 8.01. The van der Waals surface area contributed by atoms with E-state index in [-0.39, 0.29) is 18.0 Å². The number of tetrazole rings is 1. The number of thioether (sulfide) groups is 2. The molecule has 0 aromatic carbocycles. The fraction of sp³-hybridized carbons (Fsp3) is 0.583. The lowest BCUT2D eigenvalue weighted by atomic mass is 9.98. The third-order valence-electron chi connectivity index (χ3n) is 6.09. The van der Waals surface area contributed by atoms with Crippen molar-refractivity contribution in [2.75, 3.05) is 44.7 Å². The number of nitrogens with one attached hydrogen (secondary N) is 1. The normalized spacial score (nSPS) is 18.5. The van der Waals surface area contributed by atoms with Crippen molar-refractivity contribution in [2.24, 2.45) is 5.41 Å². The van der Waals surface area contributed by atoms with Gasteiger partial charge in [0.05, 0.1) is 24.1 Å². The van der Waals surface area contributed by atoms with Gasteiger partial charge in [-0.1, -0.05) is 11.8 Å². The predicted octanol–water partition coefficient (Wildman–Crippen LogP) is 0.352. The van der Waals surface area contributed by atoms with Crippen LogP contribution in [0.15, 0.2) is 21.8 Å². The summed E-state index contributed by atoms with van der Waals surface area (Å²) in [6.45, 7) is 5.75. The highest BCUT2D eigenvalue weighted by Crippen LogP contribution is 2.42. The number of hydrogen-bond acceptors (Lipinski definition) is 15. The number of aromatic nitrogens is 5. The molecule has 2 amide bonds. The number of amides is 2. The molecule has 2 aliphatic heterocycles. The molecule has 2 atom stereocenters. The van der Waals surface area contributed by atoms with E-state index in [1.807, 2.05) is 19.0 Å². The fourth-order valence-corrected chi connectivity index (χ4v) is 6.83. The monoisotopic (exact) mass is 639 g/mol. The van der Waals surface area contributed by atoms with Crippen LogP contribution in [-0.2, 0) is 41.6 Å². The molecule has 2 aromatic heterocycles. The minimum Gasteiger partial charge on any atom is -0.427 e. The molecule has 0 bridgehead atoms. The van der Waals surface area contributed by atoms with E-state index in [1.165, 1.54) is 39.8 Å². The summed E-state index contributed by atoms with van der Waals surface area (Å²) in [4.78, 5) is 58.8. The van der Waals surface area contributed by atoms with E-state index in [0.717, 1.165) is 6.54 Å². The smallest absolute Gasteiger partial charge is 0.357 e. The summed E-state index contributed by atoms with van der Waals surface area (Å²) in [5.74, 6) is -1.48. The van der Waals surface area contributed by atoms with E-state index in [0.29, 0.717) is 39.6 Å². The van der Waals surface area contributed by atoms with E-state index < -0.39 is 41.5 Å². The number of thiazole rings is 1. The first-order valence-electron chi connectivity index (χ1n) is 12.9. The summed E-state index contributed by atoms with van der Waals surface area (Å²) in [5, 5.41) is 16.7. The number of esters is 2. The quantitative estimate of drug-likeness (QED) is 0.140. The SMILES string of the molecule is CN(C)CCn1nnnc1SCC1=C(C(=O)OCOC(=O)C(C)(C)C)N2C(=O)[C@@H](NC(=O)Cc3csc(N)n3)[C@@H]2SC1. The molecule has 0 unspecified atom stereocenters. The second-order valence-electron chi connectivity index (χ2n) is 10.8. The van der Waals surface area contributed by atoms with E-state index in [9.17, 15) is 19.2 Å². The van der Waals surface area contributed by atoms with Gasteiger partial charge in [0.2, 0.25) is 17.9 Å². The number of hydrogen-bond donors (Lipinski definition) is 2. The Hall–Kier alpha value is -3.22. The van der Waals surface area contributed by atoms with Crippen LogP contribution < -0.4 is 11.1 Å². The average Bonchev–Trinajstić information content (AvgIpc) is 3.55. The van der Waals surface area contributed by atoms with Gasteiger partial charge in [0.15, 0.2) is 5.13 Å². The molecule has 42 heavy (non-hydrogen) atoms. The van der Waals surface area contributed by atoms with Gasteiger partial charge < -0.3 is 25.4 Å². The average molecular weight is 640 g/mol. The highest BCUT2D eigenvalue weighted by Gasteiger charge is 2.54. The predicted molar refractivity (Wildman–Crippen MR) is 156 cm³/mol. The lowest BCUT2D eigenvalue weighted by Gasteiger charge is -2.49. The van der Waals surface area contributed by atoms with Gasteiger partial charge in [0.25, 0.3) is 5.91 Å². The summed E-state index contributed by atoms with van der Waals surface area (Å²) in [5.41, 5.74) is 6.07. The molecule has 2 aliphatic rings. The molecule has 4 heterocycles. The molecule has 0 radical (unpaired) electrons. The van der Waals surface area contributed by atoms with Crippen molar-refractivity contribution < 1.29 is 28.7 Å². The van der Waals surface area contributed by atoms with Crippen LogP contribution in [0.2, 0.25) is 0 Å². The molecule has 0 aliphatic carbocycles. The number of carbonyl (C=O) groups is 4. The second kappa shape index (κ2) is 13.4. The Labute approximate surface area is 254 Å². The second-order valence-corrected chi connectivity index (χ2v) is 13.7.